The van der Waals surface area contributed by atoms with Crippen molar-refractivity contribution >= 4 is 17.3 Å². The summed E-state index contributed by atoms with van der Waals surface area (Å²) in [5.41, 5.74) is 5.92. The van der Waals surface area contributed by atoms with Crippen molar-refractivity contribution in [2.75, 3.05) is 0 Å². The van der Waals surface area contributed by atoms with Gasteiger partial charge in [0, 0.05) is 17.3 Å². The van der Waals surface area contributed by atoms with Gasteiger partial charge in [-0.25, -0.2) is 0 Å². The summed E-state index contributed by atoms with van der Waals surface area (Å²) in [4.78, 5) is 11.4. The molecule has 1 rings (SSSR count). The van der Waals surface area contributed by atoms with E-state index in [2.05, 4.69) is 0 Å². The van der Waals surface area contributed by atoms with Crippen molar-refractivity contribution in [3.63, 3.8) is 0 Å². The van der Waals surface area contributed by atoms with E-state index in [1.807, 2.05) is 17.5 Å². The van der Waals surface area contributed by atoms with E-state index >= 15 is 0 Å². The Balaban J connectivity index is 2.16. The Kier molecular flexibility index (Phi) is 4.62. The van der Waals surface area contributed by atoms with Crippen LogP contribution >= 0.6 is 11.3 Å². The monoisotopic (exact) mass is 213 g/mol. The second-order valence-corrected chi connectivity index (χ2v) is 4.24. The van der Waals surface area contributed by atoms with Crippen molar-refractivity contribution in [3.8, 4) is 0 Å². The second-order valence-electron chi connectivity index (χ2n) is 3.26. The summed E-state index contributed by atoms with van der Waals surface area (Å²) < 4.78 is 0. The summed E-state index contributed by atoms with van der Waals surface area (Å²) in [5, 5.41) is 10.4. The maximum absolute atomic E-state index is 10.2. The first-order valence-electron chi connectivity index (χ1n) is 4.71. The van der Waals surface area contributed by atoms with Crippen molar-refractivity contribution < 1.29 is 9.90 Å². The molecule has 0 bridgehead atoms. The van der Waals surface area contributed by atoms with Crippen molar-refractivity contribution in [1.29, 1.82) is 0 Å². The average molecular weight is 213 g/mol. The topological polar surface area (TPSA) is 63.3 Å². The number of carboxylic acids is 1. The molecule has 1 unspecified atom stereocenters. The van der Waals surface area contributed by atoms with Gasteiger partial charge in [-0.15, -0.1) is 11.3 Å². The fourth-order valence-corrected chi connectivity index (χ4v) is 2.05. The quantitative estimate of drug-likeness (QED) is 0.713. The summed E-state index contributed by atoms with van der Waals surface area (Å²) in [7, 11) is 0. The third-order valence-corrected chi connectivity index (χ3v) is 3.07. The lowest BCUT2D eigenvalue weighted by atomic mass is 10.1. The second kappa shape index (κ2) is 5.78. The number of hydrogen-bond acceptors (Lipinski definition) is 3. The molecular weight excluding hydrogens is 198 g/mol. The zero-order chi connectivity index (χ0) is 10.4. The maximum Gasteiger partial charge on any atom is 0.303 e. The van der Waals surface area contributed by atoms with Crippen LogP contribution in [0.25, 0.3) is 0 Å². The Morgan fingerprint density at radius 1 is 1.57 bits per heavy atom. The molecule has 0 aliphatic heterocycles. The highest BCUT2D eigenvalue weighted by atomic mass is 32.1. The Labute approximate surface area is 87.6 Å². The molecule has 1 aromatic heterocycles. The van der Waals surface area contributed by atoms with E-state index in [0.717, 1.165) is 12.8 Å². The maximum atomic E-state index is 10.2. The van der Waals surface area contributed by atoms with Crippen LogP contribution in [-0.4, -0.2) is 11.1 Å². The van der Waals surface area contributed by atoms with Crippen LogP contribution in [0.4, 0.5) is 0 Å². The van der Waals surface area contributed by atoms with E-state index < -0.39 is 5.97 Å². The van der Waals surface area contributed by atoms with Gasteiger partial charge < -0.3 is 10.8 Å². The van der Waals surface area contributed by atoms with E-state index in [-0.39, 0.29) is 12.5 Å². The number of nitrogens with two attached hydrogens (primary N) is 1. The Morgan fingerprint density at radius 3 is 2.93 bits per heavy atom. The van der Waals surface area contributed by atoms with Gasteiger partial charge in [-0.3, -0.25) is 4.79 Å². The molecule has 4 heteroatoms. The number of carbonyl (C=O) groups is 1. The van der Waals surface area contributed by atoms with Crippen molar-refractivity contribution in [1.82, 2.24) is 0 Å². The molecule has 0 amide bonds. The molecule has 0 spiro atoms. The minimum Gasteiger partial charge on any atom is -0.481 e. The largest absolute Gasteiger partial charge is 0.481 e. The molecule has 0 saturated carbocycles. The molecule has 0 aliphatic rings. The highest BCUT2D eigenvalue weighted by Gasteiger charge is 2.06. The highest BCUT2D eigenvalue weighted by Crippen LogP contribution is 2.21. The zero-order valence-electron chi connectivity index (χ0n) is 7.98. The Morgan fingerprint density at radius 2 is 2.36 bits per heavy atom. The van der Waals surface area contributed by atoms with E-state index in [9.17, 15) is 4.79 Å². The van der Waals surface area contributed by atoms with E-state index in [0.29, 0.717) is 6.42 Å². The van der Waals surface area contributed by atoms with Crippen molar-refractivity contribution in [2.24, 2.45) is 5.73 Å². The van der Waals surface area contributed by atoms with Crippen LogP contribution in [0, 0.1) is 0 Å². The smallest absolute Gasteiger partial charge is 0.303 e. The molecule has 1 atom stereocenters. The molecule has 0 radical (unpaired) electrons. The molecule has 0 aliphatic carbocycles. The lowest BCUT2D eigenvalue weighted by molar-refractivity contribution is -0.137. The first-order chi connectivity index (χ1) is 6.70. The summed E-state index contributed by atoms with van der Waals surface area (Å²) in [5.74, 6) is -0.727. The SMILES string of the molecule is NC(CCCCC(=O)O)c1cccs1. The van der Waals surface area contributed by atoms with E-state index in [4.69, 9.17) is 10.8 Å². The lowest BCUT2D eigenvalue weighted by Crippen LogP contribution is -2.08. The van der Waals surface area contributed by atoms with Crippen LogP contribution in [-0.2, 0) is 4.79 Å². The van der Waals surface area contributed by atoms with Crippen LogP contribution in [0.2, 0.25) is 0 Å². The average Bonchev–Trinajstić information content (AvgIpc) is 2.64. The van der Waals surface area contributed by atoms with Gasteiger partial charge in [0.1, 0.15) is 0 Å². The molecule has 0 aromatic carbocycles. The predicted octanol–water partition coefficient (Wildman–Crippen LogP) is 2.39. The van der Waals surface area contributed by atoms with Gasteiger partial charge in [-0.05, 0) is 24.3 Å². The normalized spacial score (nSPS) is 12.6. The Hall–Kier alpha value is -0.870. The lowest BCUT2D eigenvalue weighted by Gasteiger charge is -2.07. The van der Waals surface area contributed by atoms with Crippen molar-refractivity contribution in [2.45, 2.75) is 31.7 Å². The molecule has 14 heavy (non-hydrogen) atoms. The summed E-state index contributed by atoms with van der Waals surface area (Å²) >= 11 is 1.65. The van der Waals surface area contributed by atoms with Gasteiger partial charge in [-0.1, -0.05) is 12.5 Å². The number of thiophene rings is 1. The number of rotatable bonds is 6. The number of unbranched alkanes of at least 4 members (excludes halogenated alkanes) is 1. The van der Waals surface area contributed by atoms with Gasteiger partial charge in [0.15, 0.2) is 0 Å². The summed E-state index contributed by atoms with van der Waals surface area (Å²) in [6.45, 7) is 0. The standard InChI is InChI=1S/C10H15NO2S/c11-8(9-5-3-7-14-9)4-1-2-6-10(12)13/h3,5,7-8H,1-2,4,6,11H2,(H,12,13). The van der Waals surface area contributed by atoms with Gasteiger partial charge in [0.25, 0.3) is 0 Å². The molecule has 3 nitrogen and oxygen atoms in total. The van der Waals surface area contributed by atoms with Crippen LogP contribution in [0.3, 0.4) is 0 Å². The summed E-state index contributed by atoms with van der Waals surface area (Å²) in [6.07, 6.45) is 2.71. The third-order valence-electron chi connectivity index (χ3n) is 2.06. The fraction of sp³-hybridized carbons (Fsp3) is 0.500. The van der Waals surface area contributed by atoms with Crippen LogP contribution in [0.15, 0.2) is 17.5 Å². The molecule has 78 valence electrons. The molecular formula is C10H15NO2S. The van der Waals surface area contributed by atoms with Crippen LogP contribution < -0.4 is 5.73 Å². The van der Waals surface area contributed by atoms with Gasteiger partial charge >= 0.3 is 5.97 Å². The van der Waals surface area contributed by atoms with Gasteiger partial charge in [0.05, 0.1) is 0 Å². The third kappa shape index (κ3) is 3.89. The van der Waals surface area contributed by atoms with E-state index in [1.165, 1.54) is 4.88 Å². The minimum atomic E-state index is -0.727. The molecule has 1 aromatic rings. The van der Waals surface area contributed by atoms with Gasteiger partial charge in [0.2, 0.25) is 0 Å². The molecule has 0 saturated heterocycles. The van der Waals surface area contributed by atoms with E-state index in [1.54, 1.807) is 11.3 Å². The first-order valence-corrected chi connectivity index (χ1v) is 5.59. The fourth-order valence-electron chi connectivity index (χ4n) is 1.28. The molecule has 3 N–H and O–H groups in total. The molecule has 0 fully saturated rings. The predicted molar refractivity (Wildman–Crippen MR) is 57.4 cm³/mol. The van der Waals surface area contributed by atoms with Crippen molar-refractivity contribution in [3.05, 3.63) is 22.4 Å². The van der Waals surface area contributed by atoms with Crippen LogP contribution in [0.1, 0.15) is 36.6 Å². The van der Waals surface area contributed by atoms with Gasteiger partial charge in [-0.2, -0.15) is 0 Å². The summed E-state index contributed by atoms with van der Waals surface area (Å²) in [6, 6.07) is 4.08. The van der Waals surface area contributed by atoms with Crippen LogP contribution in [0.5, 0.6) is 0 Å². The number of aliphatic carboxylic acids is 1. The Bertz CT molecular complexity index is 272. The zero-order valence-corrected chi connectivity index (χ0v) is 8.80. The molecule has 1 heterocycles. The highest BCUT2D eigenvalue weighted by molar-refractivity contribution is 7.10. The first kappa shape index (κ1) is 11.2. The minimum absolute atomic E-state index is 0.0730. The number of hydrogen-bond donors (Lipinski definition) is 2. The number of carboxylic acid groups (broad SMARTS) is 1.